The third kappa shape index (κ3) is 2.71. The highest BCUT2D eigenvalue weighted by molar-refractivity contribution is 7.93. The Balaban J connectivity index is 1.79. The number of carboxylic acids is 1. The lowest BCUT2D eigenvalue weighted by Gasteiger charge is -2.44. The van der Waals surface area contributed by atoms with Crippen LogP contribution in [0.5, 0.6) is 0 Å². The van der Waals surface area contributed by atoms with E-state index in [0.29, 0.717) is 5.56 Å². The number of β-lactam (4-membered cyclic amide) rings is 1. The zero-order valence-corrected chi connectivity index (χ0v) is 15.5. The summed E-state index contributed by atoms with van der Waals surface area (Å²) in [6.45, 7) is 2.44. The van der Waals surface area contributed by atoms with E-state index in [1.165, 1.54) is 13.8 Å². The van der Waals surface area contributed by atoms with Crippen LogP contribution in [0.25, 0.3) is 0 Å². The van der Waals surface area contributed by atoms with Gasteiger partial charge in [0.05, 0.1) is 10.7 Å². The van der Waals surface area contributed by atoms with E-state index in [0.717, 1.165) is 4.90 Å². The van der Waals surface area contributed by atoms with Gasteiger partial charge in [-0.1, -0.05) is 30.3 Å². The zero-order chi connectivity index (χ0) is 20.1. The highest BCUT2D eigenvalue weighted by Gasteiger charge is 2.73. The number of rotatable bonds is 5. The molecule has 27 heavy (non-hydrogen) atoms. The van der Waals surface area contributed by atoms with Crippen molar-refractivity contribution in [1.29, 1.82) is 0 Å². The molecule has 1 aromatic carbocycles. The maximum atomic E-state index is 12.8. The van der Waals surface area contributed by atoms with Crippen molar-refractivity contribution in [2.24, 2.45) is 11.7 Å². The first-order valence-electron chi connectivity index (χ1n) is 8.26. The molecule has 0 radical (unpaired) electrons. The molecule has 2 aliphatic heterocycles. The molecular weight excluding hydrogens is 376 g/mol. The molecule has 2 fully saturated rings. The number of carbonyl (C=O) groups excluding carboxylic acids is 2. The van der Waals surface area contributed by atoms with Gasteiger partial charge in [0.1, 0.15) is 24.1 Å². The number of ether oxygens (including phenoxy) is 1. The molecule has 0 bridgehead atoms. The Morgan fingerprint density at radius 2 is 1.89 bits per heavy atom. The zero-order valence-electron chi connectivity index (χ0n) is 14.7. The number of hydrogen-bond acceptors (Lipinski definition) is 7. The van der Waals surface area contributed by atoms with Crippen LogP contribution in [0.2, 0.25) is 0 Å². The Labute approximate surface area is 156 Å². The van der Waals surface area contributed by atoms with Gasteiger partial charge >= 0.3 is 11.9 Å². The second-order valence-corrected chi connectivity index (χ2v) is 9.80. The fourth-order valence-corrected chi connectivity index (χ4v) is 5.99. The topological polar surface area (TPSA) is 144 Å². The van der Waals surface area contributed by atoms with Gasteiger partial charge in [-0.2, -0.15) is 0 Å². The van der Waals surface area contributed by atoms with Gasteiger partial charge in [0.2, 0.25) is 5.91 Å². The van der Waals surface area contributed by atoms with E-state index >= 15 is 0 Å². The van der Waals surface area contributed by atoms with E-state index in [4.69, 9.17) is 10.5 Å². The second kappa shape index (κ2) is 6.31. The van der Waals surface area contributed by atoms with Crippen LogP contribution in [0.15, 0.2) is 30.3 Å². The normalized spacial score (nSPS) is 28.8. The number of esters is 1. The molecule has 4 atom stereocenters. The molecule has 9 nitrogen and oxygen atoms in total. The highest BCUT2D eigenvalue weighted by Crippen LogP contribution is 2.49. The SMILES string of the molecule is CC1(C)[C@H](C(=O)O)N2C(=O)[C@@H](C(N)C(=O)OCc3ccccc3)[C@H]2S1(=O)=O. The van der Waals surface area contributed by atoms with Crippen molar-refractivity contribution < 1.29 is 32.6 Å². The first kappa shape index (κ1) is 19.3. The largest absolute Gasteiger partial charge is 0.480 e. The second-order valence-electron chi connectivity index (χ2n) is 7.17. The molecule has 3 rings (SSSR count). The number of carbonyl (C=O) groups is 3. The summed E-state index contributed by atoms with van der Waals surface area (Å²) in [4.78, 5) is 37.0. The highest BCUT2D eigenvalue weighted by atomic mass is 32.2. The number of carboxylic acid groups (broad SMARTS) is 1. The van der Waals surface area contributed by atoms with Crippen LogP contribution in [-0.2, 0) is 35.6 Å². The lowest BCUT2D eigenvalue weighted by Crippen LogP contribution is -2.69. The molecule has 1 amide bonds. The van der Waals surface area contributed by atoms with Crippen molar-refractivity contribution >= 4 is 27.7 Å². The number of amides is 1. The monoisotopic (exact) mass is 396 g/mol. The van der Waals surface area contributed by atoms with Gasteiger partial charge in [-0.3, -0.25) is 9.59 Å². The Morgan fingerprint density at radius 3 is 2.44 bits per heavy atom. The third-order valence-electron chi connectivity index (χ3n) is 5.23. The molecule has 0 spiro atoms. The quantitative estimate of drug-likeness (QED) is 0.501. The van der Waals surface area contributed by atoms with Gasteiger partial charge in [-0.05, 0) is 19.4 Å². The summed E-state index contributed by atoms with van der Waals surface area (Å²) in [5.41, 5.74) is 6.54. The van der Waals surface area contributed by atoms with Crippen LogP contribution >= 0.6 is 0 Å². The summed E-state index contributed by atoms with van der Waals surface area (Å²) in [5.74, 6) is -4.46. The number of nitrogens with two attached hydrogens (primary N) is 1. The average Bonchev–Trinajstić information content (AvgIpc) is 2.74. The van der Waals surface area contributed by atoms with E-state index in [-0.39, 0.29) is 6.61 Å². The van der Waals surface area contributed by atoms with Gasteiger partial charge < -0.3 is 20.5 Å². The molecule has 0 aliphatic carbocycles. The summed E-state index contributed by atoms with van der Waals surface area (Å²) in [6.07, 6.45) is 0. The third-order valence-corrected chi connectivity index (χ3v) is 8.07. The molecule has 3 N–H and O–H groups in total. The minimum atomic E-state index is -4.05. The van der Waals surface area contributed by atoms with E-state index in [2.05, 4.69) is 0 Å². The minimum absolute atomic E-state index is 0.0708. The summed E-state index contributed by atoms with van der Waals surface area (Å²) in [7, 11) is -4.05. The number of sulfone groups is 1. The molecule has 146 valence electrons. The van der Waals surface area contributed by atoms with Crippen LogP contribution in [-0.4, -0.2) is 58.5 Å². The summed E-state index contributed by atoms with van der Waals surface area (Å²) in [5, 5.41) is 7.94. The predicted octanol–water partition coefficient (Wildman–Crippen LogP) is -0.498. The Kier molecular flexibility index (Phi) is 4.51. The first-order chi connectivity index (χ1) is 12.5. The van der Waals surface area contributed by atoms with Gasteiger partial charge in [-0.25, -0.2) is 13.2 Å². The number of aliphatic carboxylic acids is 1. The van der Waals surface area contributed by atoms with E-state index in [1.807, 2.05) is 0 Å². The molecular formula is C17H20N2O7S. The van der Waals surface area contributed by atoms with E-state index < -0.39 is 55.8 Å². The molecule has 0 saturated carbocycles. The van der Waals surface area contributed by atoms with Crippen molar-refractivity contribution in [3.05, 3.63) is 35.9 Å². The lowest BCUT2D eigenvalue weighted by atomic mass is 9.87. The lowest BCUT2D eigenvalue weighted by molar-refractivity contribution is -0.168. The van der Waals surface area contributed by atoms with Gasteiger partial charge in [0, 0.05) is 0 Å². The number of hydrogen-bond donors (Lipinski definition) is 2. The van der Waals surface area contributed by atoms with Crippen molar-refractivity contribution in [3.8, 4) is 0 Å². The Morgan fingerprint density at radius 1 is 1.30 bits per heavy atom. The van der Waals surface area contributed by atoms with Crippen LogP contribution in [0, 0.1) is 5.92 Å². The van der Waals surface area contributed by atoms with Gasteiger partial charge in [0.25, 0.3) is 0 Å². The van der Waals surface area contributed by atoms with E-state index in [9.17, 15) is 27.9 Å². The smallest absolute Gasteiger partial charge is 0.328 e. The molecule has 10 heteroatoms. The van der Waals surface area contributed by atoms with Gasteiger partial charge in [0.15, 0.2) is 9.84 Å². The predicted molar refractivity (Wildman–Crippen MR) is 92.8 cm³/mol. The van der Waals surface area contributed by atoms with Gasteiger partial charge in [-0.15, -0.1) is 0 Å². The first-order valence-corrected chi connectivity index (χ1v) is 9.81. The summed E-state index contributed by atoms with van der Waals surface area (Å²) >= 11 is 0. The standard InChI is InChI=1S/C17H20N2O7S/c1-17(2)12(15(21)22)19-13(20)10(14(19)27(17,24)25)11(18)16(23)26-8-9-6-4-3-5-7-9/h3-7,10-12,14H,8,18H2,1-2H3,(H,21,22)/t10-,11?,12+,14-/m1/s1. The van der Waals surface area contributed by atoms with Crippen molar-refractivity contribution in [2.45, 2.75) is 42.7 Å². The summed E-state index contributed by atoms with van der Waals surface area (Å²) in [6, 6.07) is 5.76. The van der Waals surface area contributed by atoms with Crippen LogP contribution < -0.4 is 5.73 Å². The molecule has 2 heterocycles. The van der Waals surface area contributed by atoms with Crippen LogP contribution in [0.3, 0.4) is 0 Å². The molecule has 0 aromatic heterocycles. The fourth-order valence-electron chi connectivity index (χ4n) is 3.65. The number of nitrogens with zero attached hydrogens (tertiary/aromatic N) is 1. The van der Waals surface area contributed by atoms with Crippen molar-refractivity contribution in [2.75, 3.05) is 0 Å². The number of benzene rings is 1. The average molecular weight is 396 g/mol. The van der Waals surface area contributed by atoms with E-state index in [1.54, 1.807) is 30.3 Å². The summed E-state index contributed by atoms with van der Waals surface area (Å²) < 4.78 is 29.0. The molecule has 2 aliphatic rings. The fraction of sp³-hybridized carbons (Fsp3) is 0.471. The van der Waals surface area contributed by atoms with Crippen molar-refractivity contribution in [3.63, 3.8) is 0 Å². The molecule has 1 unspecified atom stereocenters. The molecule has 1 aromatic rings. The van der Waals surface area contributed by atoms with Crippen LogP contribution in [0.1, 0.15) is 19.4 Å². The maximum absolute atomic E-state index is 12.8. The number of fused-ring (bicyclic) bond motifs is 1. The van der Waals surface area contributed by atoms with Crippen molar-refractivity contribution in [1.82, 2.24) is 4.90 Å². The Bertz CT molecular complexity index is 897. The Hall–Kier alpha value is -2.46. The maximum Gasteiger partial charge on any atom is 0.328 e. The molecule has 2 saturated heterocycles. The minimum Gasteiger partial charge on any atom is -0.480 e. The van der Waals surface area contributed by atoms with Crippen LogP contribution in [0.4, 0.5) is 0 Å².